The second kappa shape index (κ2) is 6.64. The van der Waals surface area contributed by atoms with Gasteiger partial charge in [-0.05, 0) is 40.6 Å². The first-order chi connectivity index (χ1) is 11.5. The van der Waals surface area contributed by atoms with Crippen LogP contribution in [0.1, 0.15) is 31.5 Å². The van der Waals surface area contributed by atoms with Gasteiger partial charge in [-0.1, -0.05) is 74.9 Å². The first-order valence-electron chi connectivity index (χ1n) is 8.64. The third kappa shape index (κ3) is 3.28. The van der Waals surface area contributed by atoms with Crippen LogP contribution < -0.4 is 0 Å². The van der Waals surface area contributed by atoms with Crippen LogP contribution in [-0.4, -0.2) is 12.8 Å². The molecule has 1 atom stereocenters. The zero-order valence-electron chi connectivity index (χ0n) is 15.0. The largest absolute Gasteiger partial charge is 0.261 e. The summed E-state index contributed by atoms with van der Waals surface area (Å²) in [6, 6.07) is 21.5. The molecular weight excluding hydrogens is 289 g/mol. The van der Waals surface area contributed by atoms with E-state index in [9.17, 15) is 0 Å². The zero-order valence-corrected chi connectivity index (χ0v) is 15.0. The van der Waals surface area contributed by atoms with Gasteiger partial charge in [0.25, 0.3) is 0 Å². The van der Waals surface area contributed by atoms with E-state index in [0.717, 1.165) is 6.42 Å². The Morgan fingerprint density at radius 2 is 1.42 bits per heavy atom. The lowest BCUT2D eigenvalue weighted by atomic mass is 9.65. The van der Waals surface area contributed by atoms with Crippen LogP contribution in [0.4, 0.5) is 0 Å². The summed E-state index contributed by atoms with van der Waals surface area (Å²) in [4.78, 5) is 4.78. The minimum Gasteiger partial charge on any atom is -0.261 e. The van der Waals surface area contributed by atoms with Crippen molar-refractivity contribution in [2.75, 3.05) is 0 Å². The van der Waals surface area contributed by atoms with Gasteiger partial charge in [0.1, 0.15) is 7.85 Å². The molecule has 0 spiro atoms. The van der Waals surface area contributed by atoms with E-state index in [4.69, 9.17) is 4.98 Å². The number of pyridine rings is 1. The number of hydrogen-bond donors (Lipinski definition) is 0. The Kier molecular flexibility index (Phi) is 4.57. The van der Waals surface area contributed by atoms with Crippen molar-refractivity contribution in [2.24, 2.45) is 0 Å². The number of rotatable bonds is 4. The maximum absolute atomic E-state index is 4.78. The highest BCUT2D eigenvalue weighted by Crippen LogP contribution is 2.29. The predicted octanol–water partition coefficient (Wildman–Crippen LogP) is 4.98. The van der Waals surface area contributed by atoms with Gasteiger partial charge in [0.05, 0.1) is 0 Å². The summed E-state index contributed by atoms with van der Waals surface area (Å²) < 4.78 is 0. The minimum absolute atomic E-state index is 0.125. The van der Waals surface area contributed by atoms with Gasteiger partial charge in [-0.15, -0.1) is 0 Å². The van der Waals surface area contributed by atoms with Gasteiger partial charge in [0.2, 0.25) is 0 Å². The van der Waals surface area contributed by atoms with E-state index in [0.29, 0.717) is 0 Å². The lowest BCUT2D eigenvalue weighted by molar-refractivity contribution is 0.622. The highest BCUT2D eigenvalue weighted by atomic mass is 14.7. The van der Waals surface area contributed by atoms with Gasteiger partial charge in [0.15, 0.2) is 0 Å². The Morgan fingerprint density at radius 1 is 0.875 bits per heavy atom. The van der Waals surface area contributed by atoms with Gasteiger partial charge < -0.3 is 0 Å². The molecule has 0 aliphatic carbocycles. The van der Waals surface area contributed by atoms with E-state index in [1.165, 1.54) is 33.5 Å². The molecule has 0 radical (unpaired) electrons. The molecule has 0 N–H and O–H groups in total. The summed E-state index contributed by atoms with van der Waals surface area (Å²) >= 11 is 0. The number of benzene rings is 2. The summed E-state index contributed by atoms with van der Waals surface area (Å²) in [7, 11) is 2.26. The lowest BCUT2D eigenvalue weighted by Crippen LogP contribution is -2.23. The Hall–Kier alpha value is -2.35. The molecule has 0 fully saturated rings. The van der Waals surface area contributed by atoms with Crippen molar-refractivity contribution < 1.29 is 0 Å². The number of aryl methyl sites for hydroxylation is 1. The minimum atomic E-state index is 0.125. The quantitative estimate of drug-likeness (QED) is 0.619. The first-order valence-corrected chi connectivity index (χ1v) is 8.64. The smallest absolute Gasteiger partial charge is 0.116 e. The van der Waals surface area contributed by atoms with Crippen molar-refractivity contribution in [3.05, 3.63) is 78.1 Å². The molecule has 0 saturated carbocycles. The molecule has 120 valence electrons. The van der Waals surface area contributed by atoms with Gasteiger partial charge in [0, 0.05) is 17.5 Å². The van der Waals surface area contributed by atoms with Crippen LogP contribution in [0.2, 0.25) is 0 Å². The second-order valence-electron chi connectivity index (χ2n) is 7.07. The van der Waals surface area contributed by atoms with Crippen molar-refractivity contribution in [2.45, 2.75) is 32.5 Å². The fraction of sp³-hybridized carbons (Fsp3) is 0.227. The van der Waals surface area contributed by atoms with Crippen LogP contribution in [0.25, 0.3) is 22.3 Å². The number of nitrogens with zero attached hydrogens (tertiary/aromatic N) is 1. The van der Waals surface area contributed by atoms with Gasteiger partial charge in [-0.3, -0.25) is 4.98 Å². The Bertz CT molecular complexity index is 820. The van der Waals surface area contributed by atoms with Crippen molar-refractivity contribution >= 4 is 7.85 Å². The molecule has 0 aliphatic rings. The Balaban J connectivity index is 1.91. The summed E-state index contributed by atoms with van der Waals surface area (Å²) in [5.41, 5.74) is 7.36. The van der Waals surface area contributed by atoms with E-state index < -0.39 is 0 Å². The standard InChI is InChI=1S/C22H24BN/c1-4-22(3,23)21-16(2)14-20(15-24-21)19-12-10-18(11-13-19)17-8-6-5-7-9-17/h5-15H,4,23H2,1-3H3. The highest BCUT2D eigenvalue weighted by molar-refractivity contribution is 6.15. The molecule has 1 unspecified atom stereocenters. The van der Waals surface area contributed by atoms with Crippen LogP contribution in [-0.2, 0) is 5.31 Å². The molecule has 24 heavy (non-hydrogen) atoms. The molecule has 1 heterocycles. The van der Waals surface area contributed by atoms with Gasteiger partial charge in [-0.2, -0.15) is 0 Å². The fourth-order valence-corrected chi connectivity index (χ4v) is 3.09. The van der Waals surface area contributed by atoms with Crippen molar-refractivity contribution in [3.63, 3.8) is 0 Å². The van der Waals surface area contributed by atoms with E-state index in [1.807, 2.05) is 12.3 Å². The number of aromatic nitrogens is 1. The monoisotopic (exact) mass is 313 g/mol. The second-order valence-corrected chi connectivity index (χ2v) is 7.07. The third-order valence-corrected chi connectivity index (χ3v) is 4.93. The lowest BCUT2D eigenvalue weighted by Gasteiger charge is -2.24. The average molecular weight is 313 g/mol. The topological polar surface area (TPSA) is 12.9 Å². The highest BCUT2D eigenvalue weighted by Gasteiger charge is 2.22. The average Bonchev–Trinajstić information content (AvgIpc) is 2.62. The summed E-state index contributed by atoms with van der Waals surface area (Å²) in [5.74, 6) is 0. The molecule has 1 aromatic heterocycles. The Morgan fingerprint density at radius 3 is 1.96 bits per heavy atom. The molecule has 0 bridgehead atoms. The Labute approximate surface area is 146 Å². The molecule has 0 saturated heterocycles. The zero-order chi connectivity index (χ0) is 17.2. The SMILES string of the molecule is BC(C)(CC)c1ncc(-c2ccc(-c3ccccc3)cc2)cc1C. The van der Waals surface area contributed by atoms with E-state index in [-0.39, 0.29) is 5.31 Å². The predicted molar refractivity (Wildman–Crippen MR) is 106 cm³/mol. The maximum Gasteiger partial charge on any atom is 0.116 e. The van der Waals surface area contributed by atoms with Crippen molar-refractivity contribution in [1.82, 2.24) is 4.98 Å². The van der Waals surface area contributed by atoms with E-state index in [1.54, 1.807) is 0 Å². The summed E-state index contributed by atoms with van der Waals surface area (Å²) in [6.07, 6.45) is 3.10. The molecule has 0 amide bonds. The molecular formula is C22H24BN. The maximum atomic E-state index is 4.78. The van der Waals surface area contributed by atoms with E-state index in [2.05, 4.69) is 83.2 Å². The van der Waals surface area contributed by atoms with Crippen LogP contribution in [0.3, 0.4) is 0 Å². The molecule has 1 nitrogen and oxygen atoms in total. The van der Waals surface area contributed by atoms with Crippen LogP contribution in [0.5, 0.6) is 0 Å². The van der Waals surface area contributed by atoms with Crippen molar-refractivity contribution in [1.29, 1.82) is 0 Å². The third-order valence-electron chi connectivity index (χ3n) is 4.93. The normalized spacial score (nSPS) is 13.5. The summed E-state index contributed by atoms with van der Waals surface area (Å²) in [5, 5.41) is 0.125. The van der Waals surface area contributed by atoms with Crippen LogP contribution in [0.15, 0.2) is 66.9 Å². The molecule has 2 aromatic carbocycles. The van der Waals surface area contributed by atoms with Gasteiger partial charge in [-0.25, -0.2) is 0 Å². The number of hydrogen-bond acceptors (Lipinski definition) is 1. The van der Waals surface area contributed by atoms with Gasteiger partial charge >= 0.3 is 0 Å². The first kappa shape index (κ1) is 16.5. The van der Waals surface area contributed by atoms with Crippen molar-refractivity contribution in [3.8, 4) is 22.3 Å². The molecule has 3 rings (SSSR count). The van der Waals surface area contributed by atoms with E-state index >= 15 is 0 Å². The molecule has 0 aliphatic heterocycles. The molecule has 2 heteroatoms. The summed E-state index contributed by atoms with van der Waals surface area (Å²) in [6.45, 7) is 6.65. The van der Waals surface area contributed by atoms with Crippen LogP contribution >= 0.6 is 0 Å². The van der Waals surface area contributed by atoms with Crippen LogP contribution in [0, 0.1) is 6.92 Å². The molecule has 3 aromatic rings. The fourth-order valence-electron chi connectivity index (χ4n) is 3.09.